The molecule has 3 aliphatic heterocycles. The highest BCUT2D eigenvalue weighted by Gasteiger charge is 2.29. The van der Waals surface area contributed by atoms with Crippen LogP contribution in [0.25, 0.3) is 21.9 Å². The minimum atomic E-state index is -0.327. The highest BCUT2D eigenvalue weighted by molar-refractivity contribution is 6.10. The minimum Gasteiger partial charge on any atom is -0.453 e. The summed E-state index contributed by atoms with van der Waals surface area (Å²) in [6, 6.07) is 12.9. The van der Waals surface area contributed by atoms with E-state index in [9.17, 15) is 14.4 Å². The average Bonchev–Trinajstić information content (AvgIpc) is 3.71. The summed E-state index contributed by atoms with van der Waals surface area (Å²) >= 11 is 0. The van der Waals surface area contributed by atoms with Crippen molar-refractivity contribution in [1.82, 2.24) is 19.7 Å². The fourth-order valence-electron chi connectivity index (χ4n) is 6.91. The van der Waals surface area contributed by atoms with E-state index in [1.54, 1.807) is 24.3 Å². The number of nitrogens with one attached hydrogen (secondary N) is 2. The van der Waals surface area contributed by atoms with Crippen LogP contribution in [0.5, 0.6) is 5.75 Å². The Bertz CT molecular complexity index is 1690. The van der Waals surface area contributed by atoms with Crippen molar-refractivity contribution in [3.05, 3.63) is 59.5 Å². The predicted octanol–water partition coefficient (Wildman–Crippen LogP) is 4.99. The molecule has 0 bridgehead atoms. The topological polar surface area (TPSA) is 120 Å². The summed E-state index contributed by atoms with van der Waals surface area (Å²) in [6.45, 7) is 7.09. The van der Waals surface area contributed by atoms with Gasteiger partial charge in [-0.25, -0.2) is 4.79 Å². The lowest BCUT2D eigenvalue weighted by Crippen LogP contribution is -2.48. The van der Waals surface area contributed by atoms with Gasteiger partial charge in [-0.2, -0.15) is 0 Å². The summed E-state index contributed by atoms with van der Waals surface area (Å²) < 4.78 is 17.5. The molecule has 5 heterocycles. The van der Waals surface area contributed by atoms with E-state index in [1.807, 2.05) is 23.1 Å². The summed E-state index contributed by atoms with van der Waals surface area (Å²) in [5, 5.41) is 4.15. The second kappa shape index (κ2) is 13.0. The SMILES string of the molecule is O=CNc1ccc2oc(C(=O)c3cc4c(CN5CCOCC5)c(OC(=O)N5CCC(N6CCCCC6)CC5)ccc4[nH]3)cc2c1. The Morgan fingerprint density at radius 3 is 2.53 bits per heavy atom. The van der Waals surface area contributed by atoms with Crippen LogP contribution < -0.4 is 10.1 Å². The molecule has 11 heteroatoms. The highest BCUT2D eigenvalue weighted by Crippen LogP contribution is 2.33. The first kappa shape index (κ1) is 29.5. The van der Waals surface area contributed by atoms with Gasteiger partial charge in [-0.05, 0) is 81.2 Å². The number of morpholine rings is 1. The van der Waals surface area contributed by atoms with Gasteiger partial charge in [0.05, 0.1) is 18.9 Å². The van der Waals surface area contributed by atoms with Gasteiger partial charge in [-0.15, -0.1) is 0 Å². The van der Waals surface area contributed by atoms with E-state index >= 15 is 0 Å². The summed E-state index contributed by atoms with van der Waals surface area (Å²) in [7, 11) is 0. The number of fused-ring (bicyclic) bond motifs is 2. The number of benzene rings is 2. The van der Waals surface area contributed by atoms with Gasteiger partial charge in [0.1, 0.15) is 11.3 Å². The number of amides is 2. The van der Waals surface area contributed by atoms with E-state index in [0.29, 0.717) is 73.4 Å². The first-order valence-corrected chi connectivity index (χ1v) is 16.0. The highest BCUT2D eigenvalue weighted by atomic mass is 16.6. The van der Waals surface area contributed by atoms with Gasteiger partial charge < -0.3 is 34.0 Å². The third-order valence-corrected chi connectivity index (χ3v) is 9.39. The maximum Gasteiger partial charge on any atom is 0.415 e. The number of likely N-dealkylation sites (tertiary alicyclic amines) is 2. The van der Waals surface area contributed by atoms with E-state index < -0.39 is 0 Å². The van der Waals surface area contributed by atoms with Crippen molar-refractivity contribution in [2.75, 3.05) is 57.8 Å². The molecule has 3 aliphatic rings. The number of carbonyl (C=O) groups is 3. The van der Waals surface area contributed by atoms with Crippen LogP contribution in [0.15, 0.2) is 46.9 Å². The molecular weight excluding hydrogens is 574 g/mol. The molecule has 0 spiro atoms. The molecule has 236 valence electrons. The molecule has 0 aliphatic carbocycles. The number of aromatic nitrogens is 1. The quantitative estimate of drug-likeness (QED) is 0.211. The lowest BCUT2D eigenvalue weighted by Gasteiger charge is -2.39. The molecule has 0 unspecified atom stereocenters. The van der Waals surface area contributed by atoms with E-state index in [4.69, 9.17) is 13.9 Å². The second-order valence-electron chi connectivity index (χ2n) is 12.2. The summed E-state index contributed by atoms with van der Waals surface area (Å²) in [4.78, 5) is 47.8. The number of nitrogens with zero attached hydrogens (tertiary/aromatic N) is 3. The molecule has 4 aromatic rings. The largest absolute Gasteiger partial charge is 0.453 e. The molecule has 7 rings (SSSR count). The molecular formula is C34H39N5O6. The summed E-state index contributed by atoms with van der Waals surface area (Å²) in [5.74, 6) is 0.406. The normalized spacial score (nSPS) is 18.8. The van der Waals surface area contributed by atoms with E-state index in [-0.39, 0.29) is 17.6 Å². The van der Waals surface area contributed by atoms with E-state index in [1.165, 1.54) is 19.3 Å². The standard InChI is InChI=1S/C34H39N5O6/c40-22-35-24-4-6-30-23(18-24)19-32(44-30)33(41)29-20-26-27(21-37-14-16-43-17-15-37)31(7-5-28(26)36-29)45-34(42)39-12-8-25(9-13-39)38-10-2-1-3-11-38/h4-7,18-20,22,25,36H,1-3,8-17,21H2,(H,35,40). The van der Waals surface area contributed by atoms with Crippen molar-refractivity contribution in [2.45, 2.75) is 44.7 Å². The van der Waals surface area contributed by atoms with Crippen LogP contribution in [-0.4, -0.2) is 96.5 Å². The monoisotopic (exact) mass is 613 g/mol. The summed E-state index contributed by atoms with van der Waals surface area (Å²) in [5.41, 5.74) is 3.17. The third kappa shape index (κ3) is 6.33. The molecule has 45 heavy (non-hydrogen) atoms. The number of ether oxygens (including phenoxy) is 2. The van der Waals surface area contributed by atoms with Crippen LogP contribution in [-0.2, 0) is 16.1 Å². The molecule has 0 atom stereocenters. The van der Waals surface area contributed by atoms with Crippen LogP contribution in [0.4, 0.5) is 10.5 Å². The van der Waals surface area contributed by atoms with Gasteiger partial charge in [-0.1, -0.05) is 6.42 Å². The molecule has 0 saturated carbocycles. The Morgan fingerprint density at radius 1 is 0.956 bits per heavy atom. The summed E-state index contributed by atoms with van der Waals surface area (Å²) in [6.07, 6.45) is 6.06. The molecule has 11 nitrogen and oxygen atoms in total. The number of hydrogen-bond donors (Lipinski definition) is 2. The zero-order chi connectivity index (χ0) is 30.8. The van der Waals surface area contributed by atoms with Gasteiger partial charge in [0, 0.05) is 66.3 Å². The predicted molar refractivity (Wildman–Crippen MR) is 170 cm³/mol. The van der Waals surface area contributed by atoms with Crippen molar-refractivity contribution in [3.63, 3.8) is 0 Å². The molecule has 2 aromatic heterocycles. The molecule has 2 amide bonds. The molecule has 3 saturated heterocycles. The van der Waals surface area contributed by atoms with E-state index in [2.05, 4.69) is 20.1 Å². The fourth-order valence-corrected chi connectivity index (χ4v) is 6.91. The first-order chi connectivity index (χ1) is 22.1. The van der Waals surface area contributed by atoms with E-state index in [0.717, 1.165) is 55.5 Å². The number of hydrogen-bond acceptors (Lipinski definition) is 8. The lowest BCUT2D eigenvalue weighted by atomic mass is 10.0. The molecule has 2 N–H and O–H groups in total. The Morgan fingerprint density at radius 2 is 1.76 bits per heavy atom. The lowest BCUT2D eigenvalue weighted by molar-refractivity contribution is -0.105. The van der Waals surface area contributed by atoms with Crippen LogP contribution in [0.2, 0.25) is 0 Å². The maximum atomic E-state index is 13.6. The number of carbonyl (C=O) groups excluding carboxylic acids is 3. The van der Waals surface area contributed by atoms with Crippen LogP contribution in [0.1, 0.15) is 53.9 Å². The number of piperidine rings is 2. The number of ketones is 1. The second-order valence-corrected chi connectivity index (χ2v) is 12.2. The minimum absolute atomic E-state index is 0.189. The van der Waals surface area contributed by atoms with Crippen molar-refractivity contribution in [3.8, 4) is 5.75 Å². The number of rotatable bonds is 8. The smallest absolute Gasteiger partial charge is 0.415 e. The molecule has 3 fully saturated rings. The Kier molecular flexibility index (Phi) is 8.55. The number of H-pyrrole nitrogens is 1. The van der Waals surface area contributed by atoms with Crippen molar-refractivity contribution >= 4 is 45.8 Å². The Labute approximate surface area is 261 Å². The maximum absolute atomic E-state index is 13.6. The number of anilines is 1. The molecule has 0 radical (unpaired) electrons. The Hall–Kier alpha value is -4.19. The zero-order valence-corrected chi connectivity index (χ0v) is 25.4. The van der Waals surface area contributed by atoms with Crippen LogP contribution in [0.3, 0.4) is 0 Å². The fraction of sp³-hybridized carbons (Fsp3) is 0.441. The van der Waals surface area contributed by atoms with Gasteiger partial charge in [0.25, 0.3) is 0 Å². The van der Waals surface area contributed by atoms with Gasteiger partial charge in [-0.3, -0.25) is 14.5 Å². The zero-order valence-electron chi connectivity index (χ0n) is 25.4. The van der Waals surface area contributed by atoms with Crippen molar-refractivity contribution in [2.24, 2.45) is 0 Å². The van der Waals surface area contributed by atoms with Crippen LogP contribution >= 0.6 is 0 Å². The van der Waals surface area contributed by atoms with Gasteiger partial charge >= 0.3 is 6.09 Å². The molecule has 2 aromatic carbocycles. The number of aromatic amines is 1. The first-order valence-electron chi connectivity index (χ1n) is 16.0. The van der Waals surface area contributed by atoms with Crippen molar-refractivity contribution < 1.29 is 28.3 Å². The third-order valence-electron chi connectivity index (χ3n) is 9.39. The van der Waals surface area contributed by atoms with Crippen molar-refractivity contribution in [1.29, 1.82) is 0 Å². The average molecular weight is 614 g/mol. The van der Waals surface area contributed by atoms with Crippen LogP contribution in [0, 0.1) is 0 Å². The Balaban J connectivity index is 1.13. The van der Waals surface area contributed by atoms with Gasteiger partial charge in [0.15, 0.2) is 5.76 Å². The van der Waals surface area contributed by atoms with Gasteiger partial charge in [0.2, 0.25) is 12.2 Å². The number of furan rings is 1.